The minimum absolute atomic E-state index is 0.133. The van der Waals surface area contributed by atoms with Gasteiger partial charge in [-0.2, -0.15) is 4.98 Å². The molecule has 2 fully saturated rings. The van der Waals surface area contributed by atoms with Gasteiger partial charge in [-0.15, -0.1) is 0 Å². The van der Waals surface area contributed by atoms with E-state index in [1.54, 1.807) is 0 Å². The first kappa shape index (κ1) is 12.0. The smallest absolute Gasteiger partial charge is 0.321 e. The van der Waals surface area contributed by atoms with Crippen LogP contribution in [0.4, 0.5) is 6.01 Å². The lowest BCUT2D eigenvalue weighted by molar-refractivity contribution is -0.0929. The number of fused-ring (bicyclic) bond motifs is 1. The average molecular weight is 251 g/mol. The maximum Gasteiger partial charge on any atom is 0.321 e. The largest absolute Gasteiger partial charge is 0.377 e. The fourth-order valence-electron chi connectivity index (χ4n) is 3.28. The van der Waals surface area contributed by atoms with E-state index in [-0.39, 0.29) is 5.41 Å². The summed E-state index contributed by atoms with van der Waals surface area (Å²) in [4.78, 5) is 4.38. The number of hydrogen-bond acceptors (Lipinski definition) is 5. The number of ether oxygens (including phenoxy) is 1. The van der Waals surface area contributed by atoms with Crippen LogP contribution in [0.1, 0.15) is 45.9 Å². The molecule has 100 valence electrons. The second-order valence-electron chi connectivity index (χ2n) is 6.30. The monoisotopic (exact) mass is 251 g/mol. The van der Waals surface area contributed by atoms with Gasteiger partial charge in [0.2, 0.25) is 0 Å². The molecule has 1 aliphatic heterocycles. The summed E-state index contributed by atoms with van der Waals surface area (Å²) >= 11 is 0. The lowest BCUT2D eigenvalue weighted by Crippen LogP contribution is -2.63. The number of anilines is 1. The van der Waals surface area contributed by atoms with Gasteiger partial charge in [0.05, 0.1) is 6.10 Å². The molecule has 1 N–H and O–H groups in total. The van der Waals surface area contributed by atoms with Crippen LogP contribution in [-0.2, 0) is 4.74 Å². The van der Waals surface area contributed by atoms with E-state index < -0.39 is 0 Å². The first-order valence-electron chi connectivity index (χ1n) is 6.72. The summed E-state index contributed by atoms with van der Waals surface area (Å²) in [5.41, 5.74) is 0.133. The van der Waals surface area contributed by atoms with Crippen molar-refractivity contribution < 1.29 is 9.26 Å². The highest BCUT2D eigenvalue weighted by molar-refractivity contribution is 5.29. The molecule has 3 unspecified atom stereocenters. The standard InChI is InChI=1S/C13H21N3O2/c1-7(2)11-15-12(18-16-11)14-9-8-5-6-17-10(8)13(9,3)4/h7-10H,5-6H2,1-4H3,(H,14,15,16). The molecular formula is C13H21N3O2. The molecule has 1 saturated heterocycles. The molecule has 3 rings (SSSR count). The zero-order chi connectivity index (χ0) is 12.9. The van der Waals surface area contributed by atoms with Gasteiger partial charge in [-0.25, -0.2) is 0 Å². The molecule has 0 radical (unpaired) electrons. The molecule has 3 atom stereocenters. The van der Waals surface area contributed by atoms with Crippen molar-refractivity contribution in [3.8, 4) is 0 Å². The molecule has 5 heteroatoms. The Labute approximate surface area is 107 Å². The van der Waals surface area contributed by atoms with Crippen molar-refractivity contribution in [1.82, 2.24) is 10.1 Å². The number of aromatic nitrogens is 2. The van der Waals surface area contributed by atoms with Gasteiger partial charge in [0.1, 0.15) is 0 Å². The topological polar surface area (TPSA) is 60.2 Å². The predicted molar refractivity (Wildman–Crippen MR) is 67.4 cm³/mol. The van der Waals surface area contributed by atoms with Crippen LogP contribution in [-0.4, -0.2) is 28.9 Å². The molecule has 18 heavy (non-hydrogen) atoms. The van der Waals surface area contributed by atoms with E-state index in [4.69, 9.17) is 9.26 Å². The minimum atomic E-state index is 0.133. The second-order valence-corrected chi connectivity index (χ2v) is 6.30. The Bertz CT molecular complexity index is 441. The first-order valence-corrected chi connectivity index (χ1v) is 6.72. The summed E-state index contributed by atoms with van der Waals surface area (Å²) in [7, 11) is 0. The van der Waals surface area contributed by atoms with Crippen molar-refractivity contribution in [1.29, 1.82) is 0 Å². The van der Waals surface area contributed by atoms with Crippen LogP contribution in [0.3, 0.4) is 0 Å². The van der Waals surface area contributed by atoms with Gasteiger partial charge in [0.25, 0.3) is 0 Å². The molecule has 0 aromatic carbocycles. The fourth-order valence-corrected chi connectivity index (χ4v) is 3.28. The SMILES string of the molecule is CC(C)c1noc(NC2C3CCOC3C2(C)C)n1. The van der Waals surface area contributed by atoms with E-state index in [2.05, 4.69) is 43.2 Å². The van der Waals surface area contributed by atoms with Crippen LogP contribution in [0.25, 0.3) is 0 Å². The Morgan fingerprint density at radius 3 is 2.83 bits per heavy atom. The third kappa shape index (κ3) is 1.64. The van der Waals surface area contributed by atoms with E-state index in [1.807, 2.05) is 0 Å². The number of hydrogen-bond donors (Lipinski definition) is 1. The highest BCUT2D eigenvalue weighted by atomic mass is 16.5. The zero-order valence-electron chi connectivity index (χ0n) is 11.4. The first-order chi connectivity index (χ1) is 8.50. The van der Waals surface area contributed by atoms with Gasteiger partial charge in [-0.05, 0) is 6.42 Å². The van der Waals surface area contributed by atoms with Crippen molar-refractivity contribution in [3.05, 3.63) is 5.82 Å². The van der Waals surface area contributed by atoms with Crippen LogP contribution in [0.5, 0.6) is 0 Å². The Morgan fingerprint density at radius 2 is 2.17 bits per heavy atom. The summed E-state index contributed by atoms with van der Waals surface area (Å²) in [6.45, 7) is 9.46. The fraction of sp³-hybridized carbons (Fsp3) is 0.846. The predicted octanol–water partition coefficient (Wildman–Crippen LogP) is 2.42. The molecular weight excluding hydrogens is 230 g/mol. The normalized spacial score (nSPS) is 33.3. The maximum absolute atomic E-state index is 5.77. The molecule has 0 amide bonds. The van der Waals surface area contributed by atoms with Crippen LogP contribution >= 0.6 is 0 Å². The van der Waals surface area contributed by atoms with E-state index >= 15 is 0 Å². The summed E-state index contributed by atoms with van der Waals surface area (Å²) in [5.74, 6) is 1.63. The van der Waals surface area contributed by atoms with Crippen LogP contribution in [0.2, 0.25) is 0 Å². The lowest BCUT2D eigenvalue weighted by atomic mass is 9.57. The Morgan fingerprint density at radius 1 is 1.39 bits per heavy atom. The lowest BCUT2D eigenvalue weighted by Gasteiger charge is -2.54. The van der Waals surface area contributed by atoms with Crippen molar-refractivity contribution in [3.63, 3.8) is 0 Å². The number of rotatable bonds is 3. The van der Waals surface area contributed by atoms with E-state index in [0.717, 1.165) is 18.9 Å². The Kier molecular flexibility index (Phi) is 2.62. The Hall–Kier alpha value is -1.10. The molecule has 0 bridgehead atoms. The number of nitrogens with one attached hydrogen (secondary N) is 1. The molecule has 1 aromatic heterocycles. The molecule has 2 heterocycles. The van der Waals surface area contributed by atoms with Gasteiger partial charge in [0.15, 0.2) is 5.82 Å². The third-order valence-corrected chi connectivity index (χ3v) is 4.34. The van der Waals surface area contributed by atoms with Gasteiger partial charge in [0, 0.05) is 29.9 Å². The van der Waals surface area contributed by atoms with Crippen molar-refractivity contribution in [2.45, 2.75) is 52.2 Å². The van der Waals surface area contributed by atoms with E-state index in [0.29, 0.717) is 30.0 Å². The zero-order valence-corrected chi connectivity index (χ0v) is 11.4. The van der Waals surface area contributed by atoms with Crippen molar-refractivity contribution in [2.24, 2.45) is 11.3 Å². The van der Waals surface area contributed by atoms with Gasteiger partial charge >= 0.3 is 6.01 Å². The van der Waals surface area contributed by atoms with Crippen LogP contribution < -0.4 is 5.32 Å². The van der Waals surface area contributed by atoms with E-state index in [9.17, 15) is 0 Å². The summed E-state index contributed by atoms with van der Waals surface area (Å²) < 4.78 is 11.0. The highest BCUT2D eigenvalue weighted by Crippen LogP contribution is 2.53. The van der Waals surface area contributed by atoms with Gasteiger partial charge in [-0.1, -0.05) is 32.9 Å². The quantitative estimate of drug-likeness (QED) is 0.894. The third-order valence-electron chi connectivity index (χ3n) is 4.34. The average Bonchev–Trinajstić information content (AvgIpc) is 2.94. The van der Waals surface area contributed by atoms with Crippen molar-refractivity contribution in [2.75, 3.05) is 11.9 Å². The van der Waals surface area contributed by atoms with Gasteiger partial charge < -0.3 is 14.6 Å². The molecule has 0 spiro atoms. The second kappa shape index (κ2) is 3.95. The minimum Gasteiger partial charge on any atom is -0.377 e. The summed E-state index contributed by atoms with van der Waals surface area (Å²) in [6.07, 6.45) is 1.50. The number of nitrogens with zero attached hydrogens (tertiary/aromatic N) is 2. The molecule has 2 aliphatic rings. The van der Waals surface area contributed by atoms with E-state index in [1.165, 1.54) is 0 Å². The molecule has 1 saturated carbocycles. The molecule has 1 aliphatic carbocycles. The summed E-state index contributed by atoms with van der Waals surface area (Å²) in [5, 5.41) is 7.38. The van der Waals surface area contributed by atoms with Crippen LogP contribution in [0, 0.1) is 11.3 Å². The molecule has 1 aromatic rings. The maximum atomic E-state index is 5.77. The van der Waals surface area contributed by atoms with Crippen molar-refractivity contribution >= 4 is 6.01 Å². The van der Waals surface area contributed by atoms with Gasteiger partial charge in [-0.3, -0.25) is 0 Å². The van der Waals surface area contributed by atoms with Crippen LogP contribution in [0.15, 0.2) is 4.52 Å². The molecule has 5 nitrogen and oxygen atoms in total. The highest BCUT2D eigenvalue weighted by Gasteiger charge is 2.59. The summed E-state index contributed by atoms with van der Waals surface area (Å²) in [6, 6.07) is 0.910. The Balaban J connectivity index is 1.72.